The van der Waals surface area contributed by atoms with E-state index in [1.165, 1.54) is 4.68 Å². The van der Waals surface area contributed by atoms with Crippen LogP contribution >= 0.6 is 0 Å². The van der Waals surface area contributed by atoms with Crippen LogP contribution in [0.4, 0.5) is 5.82 Å². The number of rotatable bonds is 10. The fourth-order valence-corrected chi connectivity index (χ4v) is 4.49. The van der Waals surface area contributed by atoms with Gasteiger partial charge in [-0.15, -0.1) is 0 Å². The first-order valence-electron chi connectivity index (χ1n) is 12.1. The number of carbonyl (C=O) groups is 1. The predicted octanol–water partition coefficient (Wildman–Crippen LogP) is 4.02. The maximum absolute atomic E-state index is 10.9. The lowest BCUT2D eigenvalue weighted by Crippen LogP contribution is -2.20. The maximum Gasteiger partial charge on any atom is 0.325 e. The van der Waals surface area contributed by atoms with Crippen molar-refractivity contribution in [2.75, 3.05) is 20.0 Å². The van der Waals surface area contributed by atoms with Crippen LogP contribution in [0.5, 0.6) is 5.75 Å². The lowest BCUT2D eigenvalue weighted by Gasteiger charge is -2.23. The van der Waals surface area contributed by atoms with Crippen LogP contribution in [0.1, 0.15) is 12.0 Å². The molecule has 3 N–H and O–H groups in total. The number of carboxylic acid groups (broad SMARTS) is 1. The van der Waals surface area contributed by atoms with Gasteiger partial charge < -0.3 is 29.6 Å². The van der Waals surface area contributed by atoms with Gasteiger partial charge in [0.1, 0.15) is 35.6 Å². The van der Waals surface area contributed by atoms with Crippen LogP contribution in [-0.4, -0.2) is 50.7 Å². The Bertz CT molecular complexity index is 1520. The topological polar surface area (TPSA) is 127 Å². The van der Waals surface area contributed by atoms with Gasteiger partial charge in [0.25, 0.3) is 0 Å². The van der Waals surface area contributed by atoms with Crippen molar-refractivity contribution in [2.45, 2.75) is 32.2 Å². The molecule has 196 valence electrons. The Morgan fingerprint density at radius 1 is 1.13 bits per heavy atom. The summed E-state index contributed by atoms with van der Waals surface area (Å²) in [5.41, 5.74) is 10.9. The Kier molecular flexibility index (Phi) is 7.14. The van der Waals surface area contributed by atoms with Gasteiger partial charge in [0.15, 0.2) is 0 Å². The number of allylic oxidation sites excluding steroid dienone is 2. The Morgan fingerprint density at radius 3 is 2.68 bits per heavy atom. The molecule has 5 rings (SSSR count). The third-order valence-corrected chi connectivity index (χ3v) is 6.46. The van der Waals surface area contributed by atoms with Gasteiger partial charge in [-0.25, -0.2) is 4.98 Å². The third-order valence-electron chi connectivity index (χ3n) is 6.46. The predicted molar refractivity (Wildman–Crippen MR) is 142 cm³/mol. The van der Waals surface area contributed by atoms with Crippen LogP contribution in [-0.2, 0) is 34.0 Å². The minimum atomic E-state index is -0.948. The summed E-state index contributed by atoms with van der Waals surface area (Å²) in [4.78, 5) is 15.6. The number of pyridine rings is 1. The highest BCUT2D eigenvalue weighted by Gasteiger charge is 2.21. The third kappa shape index (κ3) is 5.40. The number of anilines is 1. The molecule has 0 saturated heterocycles. The van der Waals surface area contributed by atoms with Gasteiger partial charge in [-0.2, -0.15) is 5.10 Å². The molecule has 1 unspecified atom stereocenters. The number of nitrogen functional groups attached to an aromatic ring is 1. The highest BCUT2D eigenvalue weighted by Crippen LogP contribution is 2.29. The summed E-state index contributed by atoms with van der Waals surface area (Å²) in [5, 5.41) is 14.0. The Balaban J connectivity index is 1.29. The van der Waals surface area contributed by atoms with E-state index in [1.807, 2.05) is 47.0 Å². The molecule has 0 spiro atoms. The zero-order valence-electron chi connectivity index (χ0n) is 21.2. The van der Waals surface area contributed by atoms with Gasteiger partial charge >= 0.3 is 5.97 Å². The second kappa shape index (κ2) is 10.8. The molecule has 0 bridgehead atoms. The highest BCUT2D eigenvalue weighted by atomic mass is 16.5. The molecular weight excluding hydrogens is 486 g/mol. The first kappa shape index (κ1) is 25.1. The molecule has 0 saturated carbocycles. The maximum atomic E-state index is 10.9. The highest BCUT2D eigenvalue weighted by molar-refractivity contribution is 5.85. The number of fused-ring (bicyclic) bond motifs is 1. The monoisotopic (exact) mass is 515 g/mol. The minimum absolute atomic E-state index is 0.174. The first-order valence-corrected chi connectivity index (χ1v) is 12.1. The van der Waals surface area contributed by atoms with E-state index in [0.717, 1.165) is 44.8 Å². The summed E-state index contributed by atoms with van der Waals surface area (Å²) < 4.78 is 20.4. The molecule has 4 aromatic rings. The summed E-state index contributed by atoms with van der Waals surface area (Å²) in [6, 6.07) is 11.7. The second-order valence-corrected chi connectivity index (χ2v) is 9.03. The molecular formula is C28H29N5O5. The van der Waals surface area contributed by atoms with Crippen LogP contribution in [0.2, 0.25) is 0 Å². The summed E-state index contributed by atoms with van der Waals surface area (Å²) >= 11 is 0. The molecule has 3 heterocycles. The van der Waals surface area contributed by atoms with E-state index >= 15 is 0 Å². The summed E-state index contributed by atoms with van der Waals surface area (Å²) in [7, 11) is 3.30. The minimum Gasteiger partial charge on any atom is -0.498 e. The van der Waals surface area contributed by atoms with Gasteiger partial charge in [0, 0.05) is 28.9 Å². The number of aliphatic carboxylic acids is 1. The zero-order valence-corrected chi connectivity index (χ0v) is 21.2. The Labute approximate surface area is 219 Å². The van der Waals surface area contributed by atoms with Crippen LogP contribution < -0.4 is 10.5 Å². The van der Waals surface area contributed by atoms with Gasteiger partial charge in [-0.1, -0.05) is 18.2 Å². The van der Waals surface area contributed by atoms with Crippen molar-refractivity contribution in [1.29, 1.82) is 0 Å². The van der Waals surface area contributed by atoms with E-state index in [0.29, 0.717) is 25.4 Å². The van der Waals surface area contributed by atoms with Crippen LogP contribution in [0.3, 0.4) is 0 Å². The van der Waals surface area contributed by atoms with Crippen LogP contribution in [0, 0.1) is 0 Å². The normalized spacial score (nSPS) is 15.3. The number of hydrogen-bond acceptors (Lipinski definition) is 7. The quantitative estimate of drug-likeness (QED) is 0.324. The Morgan fingerprint density at radius 2 is 1.95 bits per heavy atom. The fraction of sp³-hybridized carbons (Fsp3) is 0.250. The number of benzene rings is 1. The van der Waals surface area contributed by atoms with Crippen LogP contribution in [0.15, 0.2) is 78.5 Å². The number of carboxylic acids is 1. The zero-order chi connectivity index (χ0) is 26.6. The molecule has 1 atom stereocenters. The molecule has 1 aromatic carbocycles. The fourth-order valence-electron chi connectivity index (χ4n) is 4.49. The van der Waals surface area contributed by atoms with Gasteiger partial charge in [-0.05, 0) is 47.9 Å². The van der Waals surface area contributed by atoms with E-state index in [-0.39, 0.29) is 12.6 Å². The van der Waals surface area contributed by atoms with E-state index in [2.05, 4.69) is 16.2 Å². The number of hydrogen-bond donors (Lipinski definition) is 2. The van der Waals surface area contributed by atoms with Crippen molar-refractivity contribution in [1.82, 2.24) is 19.3 Å². The van der Waals surface area contributed by atoms with Crippen molar-refractivity contribution in [3.8, 4) is 16.9 Å². The lowest BCUT2D eigenvalue weighted by molar-refractivity contribution is -0.137. The molecule has 0 radical (unpaired) electrons. The number of ether oxygens (including phenoxy) is 3. The summed E-state index contributed by atoms with van der Waals surface area (Å²) in [6.45, 7) is 0.809. The molecule has 0 amide bonds. The van der Waals surface area contributed by atoms with E-state index < -0.39 is 5.97 Å². The number of nitrogens with zero attached hydrogens (tertiary/aromatic N) is 4. The van der Waals surface area contributed by atoms with Crippen molar-refractivity contribution >= 4 is 22.8 Å². The van der Waals surface area contributed by atoms with Gasteiger partial charge in [0.2, 0.25) is 0 Å². The SMILES string of the molecule is COC1=CC(Cn2c(N)cc3cc(-c4cnn(CC(=O)O)c4)cnc32)=CCC1OCc1ccc(OC)cc1. The molecule has 10 heteroatoms. The molecule has 3 aromatic heterocycles. The average Bonchev–Trinajstić information content (AvgIpc) is 3.51. The van der Waals surface area contributed by atoms with E-state index in [1.54, 1.807) is 32.8 Å². The Hall–Kier alpha value is -4.57. The first-order chi connectivity index (χ1) is 18.4. The lowest BCUT2D eigenvalue weighted by atomic mass is 10.0. The number of methoxy groups -OCH3 is 2. The molecule has 1 aliphatic rings. The van der Waals surface area contributed by atoms with E-state index in [9.17, 15) is 4.79 Å². The van der Waals surface area contributed by atoms with Crippen molar-refractivity contribution in [2.24, 2.45) is 0 Å². The van der Waals surface area contributed by atoms with Gasteiger partial charge in [0.05, 0.1) is 33.6 Å². The van der Waals surface area contributed by atoms with Gasteiger partial charge in [-0.3, -0.25) is 9.48 Å². The number of nitrogens with two attached hydrogens (primary N) is 1. The van der Waals surface area contributed by atoms with Crippen molar-refractivity contribution in [3.05, 3.63) is 84.0 Å². The van der Waals surface area contributed by atoms with Crippen molar-refractivity contribution in [3.63, 3.8) is 0 Å². The molecule has 10 nitrogen and oxygen atoms in total. The molecule has 1 aliphatic carbocycles. The number of aromatic nitrogens is 4. The second-order valence-electron chi connectivity index (χ2n) is 9.03. The van der Waals surface area contributed by atoms with Crippen LogP contribution in [0.25, 0.3) is 22.2 Å². The standard InChI is InChI=1S/C28H29N5O5/c1-36-23-6-3-18(4-7-23)17-38-24-8-5-19(9-25(24)37-2)14-33-26(29)11-20-10-21(12-30-28(20)33)22-13-31-32(15-22)16-27(34)35/h3-7,9-13,15,24H,8,14,16-17,29H2,1-2H3,(H,34,35). The molecule has 0 fully saturated rings. The largest absolute Gasteiger partial charge is 0.498 e. The average molecular weight is 516 g/mol. The van der Waals surface area contributed by atoms with E-state index in [4.69, 9.17) is 25.1 Å². The summed E-state index contributed by atoms with van der Waals surface area (Å²) in [6.07, 6.45) is 9.71. The smallest absolute Gasteiger partial charge is 0.325 e. The molecule has 38 heavy (non-hydrogen) atoms. The molecule has 0 aliphatic heterocycles. The van der Waals surface area contributed by atoms with Crippen molar-refractivity contribution < 1.29 is 24.1 Å². The summed E-state index contributed by atoms with van der Waals surface area (Å²) in [5.74, 6) is 1.22.